The second kappa shape index (κ2) is 5.93. The molecule has 0 atom stereocenters. The monoisotopic (exact) mass is 242 g/mol. The van der Waals surface area contributed by atoms with Crippen molar-refractivity contribution < 1.29 is 0 Å². The van der Waals surface area contributed by atoms with Gasteiger partial charge >= 0.3 is 0 Å². The molecule has 1 aromatic rings. The first-order valence-corrected chi connectivity index (χ1v) is 5.78. The summed E-state index contributed by atoms with van der Waals surface area (Å²) in [6.07, 6.45) is 0. The zero-order chi connectivity index (χ0) is 11.3. The van der Waals surface area contributed by atoms with Crippen molar-refractivity contribution in [3.05, 3.63) is 29.3 Å². The highest BCUT2D eigenvalue weighted by atomic mass is 35.5. The van der Waals surface area contributed by atoms with Crippen LogP contribution in [-0.4, -0.2) is 18.2 Å². The Morgan fingerprint density at radius 1 is 1.33 bits per heavy atom. The molecule has 4 heteroatoms. The minimum absolute atomic E-state index is 0.740. The van der Waals surface area contributed by atoms with Gasteiger partial charge in [-0.05, 0) is 50.3 Å². The first kappa shape index (κ1) is 12.3. The van der Waals surface area contributed by atoms with Crippen LogP contribution in [0.25, 0.3) is 0 Å². The van der Waals surface area contributed by atoms with Crippen molar-refractivity contribution in [1.29, 1.82) is 0 Å². The van der Waals surface area contributed by atoms with E-state index >= 15 is 0 Å². The number of nitrogens with one attached hydrogen (secondary N) is 1. The standard InChI is InChI=1S/C11H15ClN2S/c1-3-13-11(15)14(4-2)10-7-5-9(12)6-8-10/h5-8H,3-4H2,1-2H3,(H,13,15). The molecule has 15 heavy (non-hydrogen) atoms. The summed E-state index contributed by atoms with van der Waals surface area (Å²) >= 11 is 11.1. The van der Waals surface area contributed by atoms with Crippen LogP contribution in [-0.2, 0) is 0 Å². The van der Waals surface area contributed by atoms with Crippen molar-refractivity contribution in [2.75, 3.05) is 18.0 Å². The fourth-order valence-electron chi connectivity index (χ4n) is 1.31. The molecule has 0 unspecified atom stereocenters. The van der Waals surface area contributed by atoms with Gasteiger partial charge < -0.3 is 10.2 Å². The van der Waals surface area contributed by atoms with Crippen molar-refractivity contribution in [3.8, 4) is 0 Å². The van der Waals surface area contributed by atoms with Crippen LogP contribution in [0.4, 0.5) is 5.69 Å². The van der Waals surface area contributed by atoms with Gasteiger partial charge in [-0.1, -0.05) is 11.6 Å². The van der Waals surface area contributed by atoms with Crippen LogP contribution in [0.15, 0.2) is 24.3 Å². The lowest BCUT2D eigenvalue weighted by molar-refractivity contribution is 0.929. The van der Waals surface area contributed by atoms with Crippen LogP contribution >= 0.6 is 23.8 Å². The molecule has 0 heterocycles. The summed E-state index contributed by atoms with van der Waals surface area (Å²) in [5.74, 6) is 0. The van der Waals surface area contributed by atoms with Gasteiger partial charge in [0, 0.05) is 23.8 Å². The lowest BCUT2D eigenvalue weighted by Crippen LogP contribution is -2.39. The SMILES string of the molecule is CCNC(=S)N(CC)c1ccc(Cl)cc1. The second-order valence-electron chi connectivity index (χ2n) is 3.06. The normalized spacial score (nSPS) is 9.80. The van der Waals surface area contributed by atoms with Crippen molar-refractivity contribution in [1.82, 2.24) is 5.32 Å². The molecule has 0 radical (unpaired) electrons. The summed E-state index contributed by atoms with van der Waals surface area (Å²) in [4.78, 5) is 2.04. The van der Waals surface area contributed by atoms with Crippen LogP contribution in [0.1, 0.15) is 13.8 Å². The van der Waals surface area contributed by atoms with Crippen LogP contribution in [0.2, 0.25) is 5.02 Å². The van der Waals surface area contributed by atoms with E-state index in [0.717, 1.165) is 28.9 Å². The molecule has 82 valence electrons. The lowest BCUT2D eigenvalue weighted by atomic mass is 10.3. The van der Waals surface area contributed by atoms with Crippen LogP contribution in [0.3, 0.4) is 0 Å². The van der Waals surface area contributed by atoms with Gasteiger partial charge in [-0.3, -0.25) is 0 Å². The predicted molar refractivity (Wildman–Crippen MR) is 70.7 cm³/mol. The van der Waals surface area contributed by atoms with Crippen LogP contribution in [0.5, 0.6) is 0 Å². The van der Waals surface area contributed by atoms with E-state index in [2.05, 4.69) is 12.2 Å². The molecule has 0 aliphatic carbocycles. The number of benzene rings is 1. The van der Waals surface area contributed by atoms with Crippen molar-refractivity contribution in [2.24, 2.45) is 0 Å². The Balaban J connectivity index is 2.82. The minimum atomic E-state index is 0.740. The van der Waals surface area contributed by atoms with Gasteiger partial charge in [0.25, 0.3) is 0 Å². The predicted octanol–water partition coefficient (Wildman–Crippen LogP) is 3.06. The molecule has 0 saturated carbocycles. The van der Waals surface area contributed by atoms with E-state index in [-0.39, 0.29) is 0 Å². The van der Waals surface area contributed by atoms with Gasteiger partial charge in [-0.25, -0.2) is 0 Å². The van der Waals surface area contributed by atoms with E-state index in [0.29, 0.717) is 0 Å². The number of hydrogen-bond donors (Lipinski definition) is 1. The summed E-state index contributed by atoms with van der Waals surface area (Å²) in [5.41, 5.74) is 1.06. The number of hydrogen-bond acceptors (Lipinski definition) is 1. The topological polar surface area (TPSA) is 15.3 Å². The Bertz CT molecular complexity index is 324. The van der Waals surface area contributed by atoms with Gasteiger partial charge in [0.15, 0.2) is 5.11 Å². The Kier molecular flexibility index (Phi) is 4.85. The Morgan fingerprint density at radius 3 is 2.40 bits per heavy atom. The molecular formula is C11H15ClN2S. The largest absolute Gasteiger partial charge is 0.363 e. The minimum Gasteiger partial charge on any atom is -0.363 e. The molecule has 1 rings (SSSR count). The van der Waals surface area contributed by atoms with Gasteiger partial charge in [0.1, 0.15) is 0 Å². The second-order valence-corrected chi connectivity index (χ2v) is 3.88. The molecule has 0 spiro atoms. The number of halogens is 1. The van der Waals surface area contributed by atoms with Gasteiger partial charge in [0.05, 0.1) is 0 Å². The number of rotatable bonds is 3. The summed E-state index contributed by atoms with van der Waals surface area (Å²) in [6.45, 7) is 5.77. The molecule has 0 aromatic heterocycles. The Hall–Kier alpha value is -0.800. The zero-order valence-electron chi connectivity index (χ0n) is 8.96. The number of nitrogens with zero attached hydrogens (tertiary/aromatic N) is 1. The maximum absolute atomic E-state index is 5.83. The Morgan fingerprint density at radius 2 is 1.93 bits per heavy atom. The molecule has 0 fully saturated rings. The van der Waals surface area contributed by atoms with Gasteiger partial charge in [-0.2, -0.15) is 0 Å². The van der Waals surface area contributed by atoms with E-state index in [1.165, 1.54) is 0 Å². The fourth-order valence-corrected chi connectivity index (χ4v) is 1.82. The maximum Gasteiger partial charge on any atom is 0.173 e. The summed E-state index contributed by atoms with van der Waals surface area (Å²) in [7, 11) is 0. The van der Waals surface area contributed by atoms with E-state index in [1.54, 1.807) is 0 Å². The molecule has 0 bridgehead atoms. The Labute approximate surface area is 101 Å². The summed E-state index contributed by atoms with van der Waals surface area (Å²) in [6, 6.07) is 7.67. The smallest absolute Gasteiger partial charge is 0.173 e. The highest BCUT2D eigenvalue weighted by Crippen LogP contribution is 2.17. The summed E-state index contributed by atoms with van der Waals surface area (Å²) < 4.78 is 0. The summed E-state index contributed by atoms with van der Waals surface area (Å²) in [5, 5.41) is 4.63. The quantitative estimate of drug-likeness (QED) is 0.821. The van der Waals surface area contributed by atoms with E-state index < -0.39 is 0 Å². The van der Waals surface area contributed by atoms with Gasteiger partial charge in [-0.15, -0.1) is 0 Å². The van der Waals surface area contributed by atoms with E-state index in [1.807, 2.05) is 36.1 Å². The highest BCUT2D eigenvalue weighted by Gasteiger charge is 2.08. The number of anilines is 1. The molecular weight excluding hydrogens is 228 g/mol. The van der Waals surface area contributed by atoms with Crippen LogP contribution in [0, 0.1) is 0 Å². The first-order chi connectivity index (χ1) is 7.19. The third-order valence-electron chi connectivity index (χ3n) is 2.03. The fraction of sp³-hybridized carbons (Fsp3) is 0.364. The maximum atomic E-state index is 5.83. The molecule has 0 saturated heterocycles. The lowest BCUT2D eigenvalue weighted by Gasteiger charge is -2.24. The highest BCUT2D eigenvalue weighted by molar-refractivity contribution is 7.80. The molecule has 0 aliphatic rings. The molecule has 0 aliphatic heterocycles. The number of thiocarbonyl (C=S) groups is 1. The van der Waals surface area contributed by atoms with Crippen molar-refractivity contribution >= 4 is 34.6 Å². The van der Waals surface area contributed by atoms with Crippen LogP contribution < -0.4 is 10.2 Å². The van der Waals surface area contributed by atoms with E-state index in [9.17, 15) is 0 Å². The third-order valence-corrected chi connectivity index (χ3v) is 2.64. The molecule has 0 amide bonds. The average Bonchev–Trinajstić information content (AvgIpc) is 2.22. The zero-order valence-corrected chi connectivity index (χ0v) is 10.5. The van der Waals surface area contributed by atoms with E-state index in [4.69, 9.17) is 23.8 Å². The van der Waals surface area contributed by atoms with Crippen molar-refractivity contribution in [3.63, 3.8) is 0 Å². The van der Waals surface area contributed by atoms with Gasteiger partial charge in [0.2, 0.25) is 0 Å². The van der Waals surface area contributed by atoms with Crippen molar-refractivity contribution in [2.45, 2.75) is 13.8 Å². The molecule has 2 nitrogen and oxygen atoms in total. The average molecular weight is 243 g/mol. The first-order valence-electron chi connectivity index (χ1n) is 5.00. The molecule has 1 aromatic carbocycles. The molecule has 1 N–H and O–H groups in total. The third kappa shape index (κ3) is 3.36.